The molecule has 0 spiro atoms. The summed E-state index contributed by atoms with van der Waals surface area (Å²) in [5.74, 6) is 2.79. The molecule has 5 rings (SSSR count). The van der Waals surface area contributed by atoms with Crippen LogP contribution in [0.5, 0.6) is 11.5 Å². The molecular weight excluding hydrogens is 432 g/mol. The van der Waals surface area contributed by atoms with E-state index in [-0.39, 0.29) is 12.0 Å². The fourth-order valence-electron chi connectivity index (χ4n) is 3.63. The minimum absolute atomic E-state index is 0.0676. The topological polar surface area (TPSA) is 69.5 Å². The van der Waals surface area contributed by atoms with Crippen molar-refractivity contribution in [2.75, 3.05) is 25.4 Å². The Hall–Kier alpha value is -2.52. The van der Waals surface area contributed by atoms with Gasteiger partial charge in [-0.15, -0.1) is 21.5 Å². The number of rotatable bonds is 8. The standard InChI is InChI=1S/C22H24N4O3S2/c1-2-25(12-16-13-28-17-6-3-4-7-18(17)29-16)20(27)14-31-22-24-23-21(19-8-5-11-30-19)26(22)15-9-10-15/h3-8,11,15-16H,2,9-10,12-14H2,1H3/t16-/m1/s1. The second kappa shape index (κ2) is 8.92. The molecule has 31 heavy (non-hydrogen) atoms. The highest BCUT2D eigenvalue weighted by Gasteiger charge is 2.31. The normalized spacial score (nSPS) is 17.5. The molecule has 1 fully saturated rings. The van der Waals surface area contributed by atoms with Gasteiger partial charge in [-0.05, 0) is 43.3 Å². The maximum absolute atomic E-state index is 13.0. The monoisotopic (exact) mass is 456 g/mol. The molecule has 0 bridgehead atoms. The molecule has 3 heterocycles. The molecule has 1 saturated carbocycles. The molecule has 9 heteroatoms. The van der Waals surface area contributed by atoms with E-state index in [0.29, 0.717) is 31.5 Å². The molecule has 7 nitrogen and oxygen atoms in total. The SMILES string of the molecule is CCN(C[C@@H]1COc2ccccc2O1)C(=O)CSc1nnc(-c2cccs2)n1C1CC1. The molecule has 0 N–H and O–H groups in total. The summed E-state index contributed by atoms with van der Waals surface area (Å²) in [6.07, 6.45) is 2.10. The first-order chi connectivity index (χ1) is 15.2. The van der Waals surface area contributed by atoms with E-state index in [1.54, 1.807) is 11.3 Å². The van der Waals surface area contributed by atoms with Crippen LogP contribution in [0.1, 0.15) is 25.8 Å². The number of amides is 1. The molecule has 162 valence electrons. The Labute approximate surface area is 189 Å². The fraction of sp³-hybridized carbons (Fsp3) is 0.409. The summed E-state index contributed by atoms with van der Waals surface area (Å²) >= 11 is 3.13. The van der Waals surface area contributed by atoms with Gasteiger partial charge in [0.25, 0.3) is 0 Å². The van der Waals surface area contributed by atoms with E-state index < -0.39 is 0 Å². The van der Waals surface area contributed by atoms with Gasteiger partial charge in [0, 0.05) is 12.6 Å². The van der Waals surface area contributed by atoms with Gasteiger partial charge in [0.15, 0.2) is 28.6 Å². The second-order valence-corrected chi connectivity index (χ2v) is 9.49. The molecule has 0 unspecified atom stereocenters. The lowest BCUT2D eigenvalue weighted by atomic mass is 10.2. The van der Waals surface area contributed by atoms with Crippen LogP contribution < -0.4 is 9.47 Å². The van der Waals surface area contributed by atoms with Crippen LogP contribution in [0.25, 0.3) is 10.7 Å². The molecule has 1 atom stereocenters. The van der Waals surface area contributed by atoms with Crippen molar-refractivity contribution in [3.05, 3.63) is 41.8 Å². The van der Waals surface area contributed by atoms with Crippen LogP contribution in [0.4, 0.5) is 0 Å². The molecule has 1 aliphatic heterocycles. The van der Waals surface area contributed by atoms with Crippen molar-refractivity contribution in [2.45, 2.75) is 37.1 Å². The highest BCUT2D eigenvalue weighted by Crippen LogP contribution is 2.41. The number of carbonyl (C=O) groups is 1. The number of thioether (sulfide) groups is 1. The molecule has 2 aromatic heterocycles. The lowest BCUT2D eigenvalue weighted by Crippen LogP contribution is -2.44. The van der Waals surface area contributed by atoms with E-state index in [9.17, 15) is 4.79 Å². The molecule has 3 aromatic rings. The van der Waals surface area contributed by atoms with Crippen molar-refractivity contribution >= 4 is 29.0 Å². The summed E-state index contributed by atoms with van der Waals surface area (Å²) in [6, 6.07) is 12.2. The minimum Gasteiger partial charge on any atom is -0.486 e. The van der Waals surface area contributed by atoms with Gasteiger partial charge in [-0.1, -0.05) is 30.0 Å². The molecular formula is C22H24N4O3S2. The van der Waals surface area contributed by atoms with Crippen molar-refractivity contribution in [1.29, 1.82) is 0 Å². The van der Waals surface area contributed by atoms with Crippen LogP contribution in [0.3, 0.4) is 0 Å². The van der Waals surface area contributed by atoms with Gasteiger partial charge in [-0.2, -0.15) is 0 Å². The van der Waals surface area contributed by atoms with E-state index in [1.165, 1.54) is 11.8 Å². The fourth-order valence-corrected chi connectivity index (χ4v) is 5.25. The van der Waals surface area contributed by atoms with Crippen molar-refractivity contribution in [2.24, 2.45) is 0 Å². The zero-order chi connectivity index (χ0) is 21.2. The van der Waals surface area contributed by atoms with Crippen LogP contribution in [-0.2, 0) is 4.79 Å². The van der Waals surface area contributed by atoms with E-state index in [4.69, 9.17) is 9.47 Å². The molecule has 0 radical (unpaired) electrons. The van der Waals surface area contributed by atoms with Gasteiger partial charge in [-0.3, -0.25) is 9.36 Å². The van der Waals surface area contributed by atoms with Crippen LogP contribution >= 0.6 is 23.1 Å². The van der Waals surface area contributed by atoms with Gasteiger partial charge < -0.3 is 14.4 Å². The Morgan fingerprint density at radius 1 is 1.23 bits per heavy atom. The van der Waals surface area contributed by atoms with Crippen LogP contribution in [0.15, 0.2) is 46.9 Å². The average Bonchev–Trinajstić information content (AvgIpc) is 3.32. The predicted molar refractivity (Wildman–Crippen MR) is 121 cm³/mol. The first kappa shape index (κ1) is 20.4. The molecule has 1 aromatic carbocycles. The summed E-state index contributed by atoms with van der Waals surface area (Å²) in [6.45, 7) is 3.55. The number of thiophene rings is 1. The minimum atomic E-state index is -0.177. The second-order valence-electron chi connectivity index (χ2n) is 7.60. The number of para-hydroxylation sites is 2. The number of carbonyl (C=O) groups excluding carboxylic acids is 1. The zero-order valence-electron chi connectivity index (χ0n) is 17.3. The van der Waals surface area contributed by atoms with Crippen molar-refractivity contribution in [3.8, 4) is 22.2 Å². The van der Waals surface area contributed by atoms with Crippen LogP contribution in [0.2, 0.25) is 0 Å². The molecule has 1 amide bonds. The number of fused-ring (bicyclic) bond motifs is 1. The number of aromatic nitrogens is 3. The first-order valence-corrected chi connectivity index (χ1v) is 12.4. The van der Waals surface area contributed by atoms with Gasteiger partial charge in [0.1, 0.15) is 6.61 Å². The quantitative estimate of drug-likeness (QED) is 0.475. The predicted octanol–water partition coefficient (Wildman–Crippen LogP) is 4.12. The Morgan fingerprint density at radius 2 is 2.06 bits per heavy atom. The smallest absolute Gasteiger partial charge is 0.233 e. The van der Waals surface area contributed by atoms with E-state index in [0.717, 1.165) is 40.2 Å². The highest BCUT2D eigenvalue weighted by atomic mass is 32.2. The number of hydrogen-bond donors (Lipinski definition) is 0. The average molecular weight is 457 g/mol. The number of benzene rings is 1. The van der Waals surface area contributed by atoms with E-state index >= 15 is 0 Å². The van der Waals surface area contributed by atoms with E-state index in [2.05, 4.69) is 20.8 Å². The Bertz CT molecular complexity index is 1050. The first-order valence-electron chi connectivity index (χ1n) is 10.5. The zero-order valence-corrected chi connectivity index (χ0v) is 18.9. The van der Waals surface area contributed by atoms with Crippen molar-refractivity contribution < 1.29 is 14.3 Å². The maximum Gasteiger partial charge on any atom is 0.233 e. The third-order valence-electron chi connectivity index (χ3n) is 5.37. The Morgan fingerprint density at radius 3 is 2.81 bits per heavy atom. The van der Waals surface area contributed by atoms with Crippen LogP contribution in [0, 0.1) is 0 Å². The third kappa shape index (κ3) is 4.43. The largest absolute Gasteiger partial charge is 0.486 e. The Balaban J connectivity index is 1.22. The third-order valence-corrected chi connectivity index (χ3v) is 7.16. The van der Waals surface area contributed by atoms with Crippen molar-refractivity contribution in [1.82, 2.24) is 19.7 Å². The summed E-state index contributed by atoms with van der Waals surface area (Å²) in [7, 11) is 0. The van der Waals surface area contributed by atoms with Gasteiger partial charge in [0.2, 0.25) is 5.91 Å². The summed E-state index contributed by atoms with van der Waals surface area (Å²) in [5, 5.41) is 11.7. The lowest BCUT2D eigenvalue weighted by molar-refractivity contribution is -0.129. The molecule has 0 saturated heterocycles. The number of hydrogen-bond acceptors (Lipinski definition) is 7. The van der Waals surface area contributed by atoms with Crippen molar-refractivity contribution in [3.63, 3.8) is 0 Å². The summed E-state index contributed by atoms with van der Waals surface area (Å²) in [4.78, 5) is 15.9. The van der Waals surface area contributed by atoms with E-state index in [1.807, 2.05) is 47.5 Å². The summed E-state index contributed by atoms with van der Waals surface area (Å²) < 4.78 is 14.0. The number of ether oxygens (including phenoxy) is 2. The summed E-state index contributed by atoms with van der Waals surface area (Å²) in [5.41, 5.74) is 0. The lowest BCUT2D eigenvalue weighted by Gasteiger charge is -2.30. The van der Waals surface area contributed by atoms with Gasteiger partial charge >= 0.3 is 0 Å². The Kier molecular flexibility index (Phi) is 5.87. The number of likely N-dealkylation sites (N-methyl/N-ethyl adjacent to an activating group) is 1. The van der Waals surface area contributed by atoms with Gasteiger partial charge in [0.05, 0.1) is 17.2 Å². The maximum atomic E-state index is 13.0. The van der Waals surface area contributed by atoms with Gasteiger partial charge in [-0.25, -0.2) is 0 Å². The number of nitrogens with zero attached hydrogens (tertiary/aromatic N) is 4. The van der Waals surface area contributed by atoms with Crippen LogP contribution in [-0.4, -0.2) is 57.1 Å². The molecule has 2 aliphatic rings. The highest BCUT2D eigenvalue weighted by molar-refractivity contribution is 7.99. The molecule has 1 aliphatic carbocycles.